The van der Waals surface area contributed by atoms with Gasteiger partial charge in [0.2, 0.25) is 0 Å². The Labute approximate surface area is 158 Å². The van der Waals surface area contributed by atoms with Crippen molar-refractivity contribution in [1.82, 2.24) is 9.88 Å². The highest BCUT2D eigenvalue weighted by Gasteiger charge is 2.21. The molecule has 1 heterocycles. The number of likely N-dealkylation sites (N-methyl/N-ethyl adjacent to an activating group) is 1. The molecule has 0 saturated carbocycles. The monoisotopic (exact) mass is 375 g/mol. The van der Waals surface area contributed by atoms with E-state index < -0.39 is 0 Å². The van der Waals surface area contributed by atoms with Crippen LogP contribution in [-0.4, -0.2) is 43.0 Å². The Morgan fingerprint density at radius 3 is 2.36 bits per heavy atom. The molecule has 0 atom stereocenters. The maximum atomic E-state index is 13.0. The van der Waals surface area contributed by atoms with Crippen molar-refractivity contribution in [3.05, 3.63) is 59.7 Å². The van der Waals surface area contributed by atoms with Crippen LogP contribution in [0.25, 0.3) is 10.2 Å². The van der Waals surface area contributed by atoms with Crippen molar-refractivity contribution in [2.45, 2.75) is 6.92 Å². The molecule has 3 rings (SSSR count). The van der Waals surface area contributed by atoms with Crippen LogP contribution in [0.1, 0.15) is 15.9 Å². The van der Waals surface area contributed by atoms with Gasteiger partial charge in [-0.2, -0.15) is 0 Å². The lowest BCUT2D eigenvalue weighted by molar-refractivity contribution is 0.0985. The Morgan fingerprint density at radius 2 is 1.72 bits per heavy atom. The van der Waals surface area contributed by atoms with Crippen molar-refractivity contribution in [3.63, 3.8) is 0 Å². The Balaban J connectivity index is 0.00000225. The second-order valence-corrected chi connectivity index (χ2v) is 7.10. The van der Waals surface area contributed by atoms with E-state index in [9.17, 15) is 4.79 Å². The van der Waals surface area contributed by atoms with E-state index in [-0.39, 0.29) is 18.3 Å². The molecule has 2 aromatic carbocycles. The third-order valence-corrected chi connectivity index (χ3v) is 4.89. The minimum absolute atomic E-state index is 0. The molecule has 1 aromatic heterocycles. The summed E-state index contributed by atoms with van der Waals surface area (Å²) in [6.45, 7) is 3.42. The van der Waals surface area contributed by atoms with Gasteiger partial charge in [-0.15, -0.1) is 12.4 Å². The van der Waals surface area contributed by atoms with E-state index in [1.54, 1.807) is 16.2 Å². The summed E-state index contributed by atoms with van der Waals surface area (Å²) in [5, 5.41) is 0.753. The molecule has 25 heavy (non-hydrogen) atoms. The fraction of sp³-hybridized carbons (Fsp3) is 0.263. The SMILES string of the molecule is Cc1ccc(C(=O)N(CCN(C)C)c2nc3ccccc3s2)cc1.Cl. The summed E-state index contributed by atoms with van der Waals surface area (Å²) in [6, 6.07) is 15.7. The molecule has 1 amide bonds. The number of aromatic nitrogens is 1. The Kier molecular flexibility index (Phi) is 6.53. The van der Waals surface area contributed by atoms with Crippen molar-refractivity contribution in [1.29, 1.82) is 0 Å². The second-order valence-electron chi connectivity index (χ2n) is 6.09. The Bertz CT molecular complexity index is 812. The van der Waals surface area contributed by atoms with Gasteiger partial charge in [0, 0.05) is 18.7 Å². The van der Waals surface area contributed by atoms with Crippen molar-refractivity contribution in [3.8, 4) is 0 Å². The van der Waals surface area contributed by atoms with Crippen LogP contribution >= 0.6 is 23.7 Å². The summed E-state index contributed by atoms with van der Waals surface area (Å²) in [7, 11) is 4.01. The van der Waals surface area contributed by atoms with Crippen LogP contribution in [0.3, 0.4) is 0 Å². The van der Waals surface area contributed by atoms with Gasteiger partial charge in [-0.1, -0.05) is 41.2 Å². The standard InChI is InChI=1S/C19H21N3OS.ClH/c1-14-8-10-15(11-9-14)18(23)22(13-12-21(2)3)19-20-16-6-4-5-7-17(16)24-19;/h4-11H,12-13H2,1-3H3;1H. The fourth-order valence-corrected chi connectivity index (χ4v) is 3.40. The number of hydrogen-bond acceptors (Lipinski definition) is 4. The van der Waals surface area contributed by atoms with Gasteiger partial charge >= 0.3 is 0 Å². The third kappa shape index (κ3) is 4.57. The number of carbonyl (C=O) groups excluding carboxylic acids is 1. The molecule has 3 aromatic rings. The van der Waals surface area contributed by atoms with E-state index in [1.807, 2.05) is 69.6 Å². The molecule has 0 aliphatic rings. The van der Waals surface area contributed by atoms with Crippen molar-refractivity contribution >= 4 is 45.0 Å². The number of carbonyl (C=O) groups is 1. The number of aryl methyl sites for hydroxylation is 1. The summed E-state index contributed by atoms with van der Waals surface area (Å²) < 4.78 is 1.10. The second kappa shape index (κ2) is 8.43. The lowest BCUT2D eigenvalue weighted by Crippen LogP contribution is -2.36. The molecule has 0 bridgehead atoms. The first-order chi connectivity index (χ1) is 11.5. The van der Waals surface area contributed by atoms with E-state index in [4.69, 9.17) is 0 Å². The number of rotatable bonds is 5. The van der Waals surface area contributed by atoms with E-state index in [0.29, 0.717) is 12.1 Å². The zero-order chi connectivity index (χ0) is 17.1. The molecule has 0 unspecified atom stereocenters. The van der Waals surface area contributed by atoms with Gasteiger partial charge in [0.15, 0.2) is 5.13 Å². The van der Waals surface area contributed by atoms with Crippen LogP contribution in [0, 0.1) is 6.92 Å². The predicted octanol–water partition coefficient (Wildman–Crippen LogP) is 4.23. The quantitative estimate of drug-likeness (QED) is 0.669. The third-order valence-electron chi connectivity index (χ3n) is 3.83. The molecule has 0 fully saturated rings. The molecule has 0 N–H and O–H groups in total. The highest BCUT2D eigenvalue weighted by Crippen LogP contribution is 2.29. The lowest BCUT2D eigenvalue weighted by Gasteiger charge is -2.22. The molecule has 6 heteroatoms. The number of halogens is 1. The minimum atomic E-state index is -0.00379. The maximum absolute atomic E-state index is 13.0. The van der Waals surface area contributed by atoms with Gasteiger partial charge in [-0.25, -0.2) is 4.98 Å². The first-order valence-electron chi connectivity index (χ1n) is 7.93. The van der Waals surface area contributed by atoms with Crippen LogP contribution in [0.2, 0.25) is 0 Å². The maximum Gasteiger partial charge on any atom is 0.260 e. The average molecular weight is 376 g/mol. The van der Waals surface area contributed by atoms with Crippen LogP contribution in [0.15, 0.2) is 48.5 Å². The first-order valence-corrected chi connectivity index (χ1v) is 8.75. The number of fused-ring (bicyclic) bond motifs is 1. The fourth-order valence-electron chi connectivity index (χ4n) is 2.41. The van der Waals surface area contributed by atoms with Gasteiger partial charge in [0.05, 0.1) is 10.2 Å². The molecule has 132 valence electrons. The smallest absolute Gasteiger partial charge is 0.260 e. The highest BCUT2D eigenvalue weighted by molar-refractivity contribution is 7.22. The van der Waals surface area contributed by atoms with Crippen LogP contribution in [-0.2, 0) is 0 Å². The zero-order valence-electron chi connectivity index (χ0n) is 14.6. The number of thiazole rings is 1. The number of para-hydroxylation sites is 1. The van der Waals surface area contributed by atoms with E-state index >= 15 is 0 Å². The Morgan fingerprint density at radius 1 is 1.04 bits per heavy atom. The van der Waals surface area contributed by atoms with Crippen LogP contribution in [0.4, 0.5) is 5.13 Å². The summed E-state index contributed by atoms with van der Waals surface area (Å²) in [5.41, 5.74) is 2.77. The summed E-state index contributed by atoms with van der Waals surface area (Å²) >= 11 is 1.56. The number of anilines is 1. The molecular formula is C19H22ClN3OS. The Hall–Kier alpha value is -1.95. The molecule has 0 radical (unpaired) electrons. The van der Waals surface area contributed by atoms with E-state index in [1.165, 1.54) is 0 Å². The number of hydrogen-bond donors (Lipinski definition) is 0. The van der Waals surface area contributed by atoms with Gasteiger partial charge in [-0.3, -0.25) is 9.69 Å². The van der Waals surface area contributed by atoms with Crippen molar-refractivity contribution in [2.75, 3.05) is 32.1 Å². The largest absolute Gasteiger partial charge is 0.308 e. The first kappa shape index (κ1) is 19.4. The van der Waals surface area contributed by atoms with E-state index in [0.717, 1.165) is 27.5 Å². The molecule has 0 aliphatic carbocycles. The molecule has 0 spiro atoms. The van der Waals surface area contributed by atoms with Crippen molar-refractivity contribution in [2.24, 2.45) is 0 Å². The van der Waals surface area contributed by atoms with Gasteiger partial charge in [-0.05, 0) is 45.3 Å². The highest BCUT2D eigenvalue weighted by atomic mass is 35.5. The minimum Gasteiger partial charge on any atom is -0.308 e. The number of amides is 1. The van der Waals surface area contributed by atoms with Gasteiger partial charge < -0.3 is 4.90 Å². The summed E-state index contributed by atoms with van der Waals surface area (Å²) in [6.07, 6.45) is 0. The molecule has 0 aliphatic heterocycles. The number of benzene rings is 2. The lowest BCUT2D eigenvalue weighted by atomic mass is 10.1. The summed E-state index contributed by atoms with van der Waals surface area (Å²) in [4.78, 5) is 21.5. The van der Waals surface area contributed by atoms with Gasteiger partial charge in [0.25, 0.3) is 5.91 Å². The molecular weight excluding hydrogens is 354 g/mol. The molecule has 0 saturated heterocycles. The van der Waals surface area contributed by atoms with Crippen molar-refractivity contribution < 1.29 is 4.79 Å². The topological polar surface area (TPSA) is 36.4 Å². The van der Waals surface area contributed by atoms with E-state index in [2.05, 4.69) is 9.88 Å². The predicted molar refractivity (Wildman–Crippen MR) is 108 cm³/mol. The van der Waals surface area contributed by atoms with Gasteiger partial charge in [0.1, 0.15) is 0 Å². The average Bonchev–Trinajstić information content (AvgIpc) is 2.99. The number of nitrogens with zero attached hydrogens (tertiary/aromatic N) is 3. The summed E-state index contributed by atoms with van der Waals surface area (Å²) in [5.74, 6) is -0.00379. The van der Waals surface area contributed by atoms with Crippen LogP contribution < -0.4 is 4.90 Å². The normalized spacial score (nSPS) is 10.7. The zero-order valence-corrected chi connectivity index (χ0v) is 16.2. The van der Waals surface area contributed by atoms with Crippen LogP contribution in [0.5, 0.6) is 0 Å². The molecule has 4 nitrogen and oxygen atoms in total.